The van der Waals surface area contributed by atoms with Crippen LogP contribution >= 0.6 is 0 Å². The van der Waals surface area contributed by atoms with Crippen LogP contribution in [0, 0.1) is 0 Å². The number of aryl methyl sites for hydroxylation is 1. The number of methoxy groups -OCH3 is 1. The van der Waals surface area contributed by atoms with Crippen molar-refractivity contribution in [3.63, 3.8) is 0 Å². The van der Waals surface area contributed by atoms with Crippen molar-refractivity contribution in [1.29, 1.82) is 0 Å². The summed E-state index contributed by atoms with van der Waals surface area (Å²) in [5.41, 5.74) is 3.05. The molecule has 2 aromatic rings. The van der Waals surface area contributed by atoms with Gasteiger partial charge in [-0.15, -0.1) is 0 Å². The number of carbonyl (C=O) groups is 1. The quantitative estimate of drug-likeness (QED) is 0.388. The van der Waals surface area contributed by atoms with Gasteiger partial charge in [-0.25, -0.2) is 4.99 Å². The highest BCUT2D eigenvalue weighted by atomic mass is 16.5. The minimum absolute atomic E-state index is 0.00640. The normalized spacial score (nSPS) is 11.1. The molecule has 0 aliphatic rings. The van der Waals surface area contributed by atoms with Gasteiger partial charge in [-0.05, 0) is 55.2 Å². The average Bonchev–Trinajstić information content (AvgIpc) is 2.75. The lowest BCUT2D eigenvalue weighted by atomic mass is 10.1. The van der Waals surface area contributed by atoms with Crippen LogP contribution < -0.4 is 15.4 Å². The molecule has 0 radical (unpaired) electrons. The van der Waals surface area contributed by atoms with E-state index in [1.807, 2.05) is 36.4 Å². The molecule has 0 heterocycles. The summed E-state index contributed by atoms with van der Waals surface area (Å²) < 4.78 is 5.19. The fraction of sp³-hybridized carbons (Fsp3) is 0.391. The van der Waals surface area contributed by atoms with Crippen LogP contribution in [0.5, 0.6) is 5.75 Å². The van der Waals surface area contributed by atoms with Gasteiger partial charge in [-0.3, -0.25) is 4.79 Å². The molecule has 29 heavy (non-hydrogen) atoms. The third kappa shape index (κ3) is 7.49. The number of ether oxygens (including phenoxy) is 1. The molecule has 0 bridgehead atoms. The molecule has 0 aliphatic carbocycles. The van der Waals surface area contributed by atoms with Crippen molar-refractivity contribution in [3.8, 4) is 5.75 Å². The Morgan fingerprint density at radius 3 is 2.24 bits per heavy atom. The summed E-state index contributed by atoms with van der Waals surface area (Å²) in [5, 5.41) is 6.65. The van der Waals surface area contributed by atoms with Crippen LogP contribution in [0.1, 0.15) is 34.8 Å². The summed E-state index contributed by atoms with van der Waals surface area (Å²) in [6.07, 6.45) is 2.01. The Balaban J connectivity index is 1.83. The molecule has 0 atom stereocenters. The van der Waals surface area contributed by atoms with Crippen molar-refractivity contribution >= 4 is 11.9 Å². The number of nitrogens with zero attached hydrogens (tertiary/aromatic N) is 2. The number of carbonyl (C=O) groups excluding carboxylic acids is 1. The van der Waals surface area contributed by atoms with Gasteiger partial charge in [0.05, 0.1) is 13.7 Å². The van der Waals surface area contributed by atoms with Crippen LogP contribution in [0.3, 0.4) is 0 Å². The van der Waals surface area contributed by atoms with Crippen LogP contribution in [-0.4, -0.2) is 51.1 Å². The Morgan fingerprint density at radius 2 is 1.66 bits per heavy atom. The molecule has 2 aromatic carbocycles. The Kier molecular flexibility index (Phi) is 9.02. The van der Waals surface area contributed by atoms with E-state index in [4.69, 9.17) is 4.74 Å². The summed E-state index contributed by atoms with van der Waals surface area (Å²) in [4.78, 5) is 18.2. The van der Waals surface area contributed by atoms with Crippen LogP contribution in [0.2, 0.25) is 0 Å². The molecule has 0 saturated heterocycles. The van der Waals surface area contributed by atoms with E-state index >= 15 is 0 Å². The molecular formula is C23H32N4O2. The fourth-order valence-electron chi connectivity index (χ4n) is 2.81. The predicted octanol–water partition coefficient (Wildman–Crippen LogP) is 3.08. The number of nitrogens with one attached hydrogen (secondary N) is 2. The summed E-state index contributed by atoms with van der Waals surface area (Å²) in [6, 6.07) is 15.8. The number of rotatable bonds is 9. The first-order chi connectivity index (χ1) is 14.0. The van der Waals surface area contributed by atoms with Crippen molar-refractivity contribution in [2.24, 2.45) is 4.99 Å². The Labute approximate surface area is 174 Å². The molecule has 0 spiro atoms. The van der Waals surface area contributed by atoms with Crippen molar-refractivity contribution in [1.82, 2.24) is 15.5 Å². The maximum absolute atomic E-state index is 12.0. The van der Waals surface area contributed by atoms with E-state index in [-0.39, 0.29) is 5.91 Å². The van der Waals surface area contributed by atoms with E-state index < -0.39 is 0 Å². The number of aliphatic imine (C=N–C) groups is 1. The van der Waals surface area contributed by atoms with Gasteiger partial charge in [0.15, 0.2) is 5.96 Å². The topological polar surface area (TPSA) is 66.0 Å². The molecule has 0 unspecified atom stereocenters. The van der Waals surface area contributed by atoms with Gasteiger partial charge in [-0.2, -0.15) is 0 Å². The summed E-state index contributed by atoms with van der Waals surface area (Å²) in [6.45, 7) is 4.26. The maximum Gasteiger partial charge on any atom is 0.253 e. The molecule has 2 rings (SSSR count). The first-order valence-electron chi connectivity index (χ1n) is 9.99. The van der Waals surface area contributed by atoms with E-state index in [0.717, 1.165) is 43.2 Å². The number of hydrogen-bond donors (Lipinski definition) is 2. The van der Waals surface area contributed by atoms with Crippen molar-refractivity contribution in [2.45, 2.75) is 26.3 Å². The highest BCUT2D eigenvalue weighted by molar-refractivity contribution is 5.93. The molecule has 0 aliphatic heterocycles. The molecule has 1 amide bonds. The van der Waals surface area contributed by atoms with Crippen LogP contribution in [0.15, 0.2) is 53.5 Å². The second-order valence-electron chi connectivity index (χ2n) is 6.97. The lowest BCUT2D eigenvalue weighted by molar-refractivity contribution is 0.0827. The van der Waals surface area contributed by atoms with Gasteiger partial charge in [-0.1, -0.05) is 24.3 Å². The lowest BCUT2D eigenvalue weighted by Gasteiger charge is -2.12. The zero-order valence-corrected chi connectivity index (χ0v) is 17.9. The second kappa shape index (κ2) is 11.7. The predicted molar refractivity (Wildman–Crippen MR) is 119 cm³/mol. The van der Waals surface area contributed by atoms with Gasteiger partial charge in [0, 0.05) is 32.7 Å². The van der Waals surface area contributed by atoms with Crippen LogP contribution in [0.25, 0.3) is 0 Å². The minimum atomic E-state index is 0.00640. The highest BCUT2D eigenvalue weighted by Crippen LogP contribution is 2.12. The third-order valence-corrected chi connectivity index (χ3v) is 4.46. The molecule has 6 nitrogen and oxygen atoms in total. The molecule has 156 valence electrons. The molecule has 0 fully saturated rings. The van der Waals surface area contributed by atoms with E-state index in [0.29, 0.717) is 12.1 Å². The van der Waals surface area contributed by atoms with Gasteiger partial charge in [0.2, 0.25) is 0 Å². The average molecular weight is 397 g/mol. The maximum atomic E-state index is 12.0. The van der Waals surface area contributed by atoms with E-state index in [2.05, 4.69) is 34.7 Å². The monoisotopic (exact) mass is 396 g/mol. The zero-order valence-electron chi connectivity index (χ0n) is 17.9. The van der Waals surface area contributed by atoms with Crippen molar-refractivity contribution < 1.29 is 9.53 Å². The standard InChI is InChI=1S/C23H32N4O2/c1-5-24-23(25-16-6-7-18-10-14-21(29-4)15-11-18)26-17-19-8-12-20(13-9-19)22(28)27(2)3/h8-15H,5-7,16-17H2,1-4H3,(H2,24,25,26). The molecule has 2 N–H and O–H groups in total. The summed E-state index contributed by atoms with van der Waals surface area (Å²) in [5.74, 6) is 1.69. The van der Waals surface area contributed by atoms with Gasteiger partial charge in [0.25, 0.3) is 5.91 Å². The SMILES string of the molecule is CCNC(=NCc1ccc(C(=O)N(C)C)cc1)NCCCc1ccc(OC)cc1. The van der Waals surface area contributed by atoms with E-state index in [9.17, 15) is 4.79 Å². The largest absolute Gasteiger partial charge is 0.497 e. The molecule has 0 aromatic heterocycles. The number of amides is 1. The first-order valence-corrected chi connectivity index (χ1v) is 9.99. The summed E-state index contributed by atoms with van der Waals surface area (Å²) in [7, 11) is 5.19. The van der Waals surface area contributed by atoms with Gasteiger partial charge >= 0.3 is 0 Å². The molecule has 0 saturated carbocycles. The van der Waals surface area contributed by atoms with Gasteiger partial charge in [0.1, 0.15) is 5.75 Å². The first kappa shape index (κ1) is 22.3. The van der Waals surface area contributed by atoms with Crippen LogP contribution in [0.4, 0.5) is 0 Å². The Hall–Kier alpha value is -3.02. The molecular weight excluding hydrogens is 364 g/mol. The fourth-order valence-corrected chi connectivity index (χ4v) is 2.81. The summed E-state index contributed by atoms with van der Waals surface area (Å²) >= 11 is 0. The number of hydrogen-bond acceptors (Lipinski definition) is 3. The van der Waals surface area contributed by atoms with Gasteiger partial charge < -0.3 is 20.3 Å². The third-order valence-electron chi connectivity index (χ3n) is 4.46. The van der Waals surface area contributed by atoms with Crippen molar-refractivity contribution in [3.05, 3.63) is 65.2 Å². The number of guanidine groups is 1. The van der Waals surface area contributed by atoms with Crippen LogP contribution in [-0.2, 0) is 13.0 Å². The Bertz CT molecular complexity index is 784. The smallest absolute Gasteiger partial charge is 0.253 e. The molecule has 6 heteroatoms. The van der Waals surface area contributed by atoms with E-state index in [1.165, 1.54) is 5.56 Å². The lowest BCUT2D eigenvalue weighted by Crippen LogP contribution is -2.37. The Morgan fingerprint density at radius 1 is 1.00 bits per heavy atom. The van der Waals surface area contributed by atoms with E-state index in [1.54, 1.807) is 26.1 Å². The van der Waals surface area contributed by atoms with Crippen molar-refractivity contribution in [2.75, 3.05) is 34.3 Å². The highest BCUT2D eigenvalue weighted by Gasteiger charge is 2.07. The second-order valence-corrected chi connectivity index (χ2v) is 6.97. The minimum Gasteiger partial charge on any atom is -0.497 e. The number of benzene rings is 2. The zero-order chi connectivity index (χ0) is 21.1.